The van der Waals surface area contributed by atoms with Crippen molar-refractivity contribution in [2.45, 2.75) is 19.9 Å². The van der Waals surface area contributed by atoms with E-state index in [0.717, 1.165) is 35.5 Å². The molecule has 4 N–H and O–H groups in total. The van der Waals surface area contributed by atoms with Crippen molar-refractivity contribution in [2.24, 2.45) is 0 Å². The number of aryl methyl sites for hydroxylation is 1. The van der Waals surface area contributed by atoms with Crippen LogP contribution in [0.2, 0.25) is 0 Å². The molecule has 2 aromatic carbocycles. The number of halogens is 1. The van der Waals surface area contributed by atoms with Gasteiger partial charge in [0, 0.05) is 55.3 Å². The molecule has 6 nitrogen and oxygen atoms in total. The first kappa shape index (κ1) is 23.2. The summed E-state index contributed by atoms with van der Waals surface area (Å²) >= 11 is 0. The van der Waals surface area contributed by atoms with Crippen molar-refractivity contribution < 1.29 is 9.50 Å². The zero-order valence-electron chi connectivity index (χ0n) is 19.3. The highest BCUT2D eigenvalue weighted by Gasteiger charge is 2.14. The number of nitrogen functional groups attached to an aromatic ring is 1. The van der Waals surface area contributed by atoms with Gasteiger partial charge in [0.15, 0.2) is 0 Å². The first-order valence-electron chi connectivity index (χ1n) is 11.1. The molecule has 0 saturated heterocycles. The number of phenols is 1. The summed E-state index contributed by atoms with van der Waals surface area (Å²) < 4.78 is 14.5. The number of pyridine rings is 2. The predicted octanol–water partition coefficient (Wildman–Crippen LogP) is 4.98. The second kappa shape index (κ2) is 10.3. The van der Waals surface area contributed by atoms with Gasteiger partial charge in [0.1, 0.15) is 17.4 Å². The molecule has 0 bridgehead atoms. The standard InChI is InChI=1S/C27H28FN5O/c1-18-6-10-25(23(28)15-18)33(2)21-8-11-26(34)22(16-21)24-9-7-19(27(29)32-24)17-30-14-12-20-5-3-4-13-31-20/h3-11,13,15-16,30,34H,12,14,17H2,1-2H3,(H2,29,32). The van der Waals surface area contributed by atoms with E-state index in [1.807, 2.05) is 43.3 Å². The van der Waals surface area contributed by atoms with E-state index in [4.69, 9.17) is 5.73 Å². The first-order chi connectivity index (χ1) is 16.4. The molecule has 0 aliphatic carbocycles. The number of nitrogens with zero attached hydrogens (tertiary/aromatic N) is 3. The fourth-order valence-corrected chi connectivity index (χ4v) is 3.75. The Morgan fingerprint density at radius 1 is 1.06 bits per heavy atom. The molecule has 2 aromatic heterocycles. The van der Waals surface area contributed by atoms with Crippen LogP contribution in [0.4, 0.5) is 21.6 Å². The lowest BCUT2D eigenvalue weighted by molar-refractivity contribution is 0.477. The van der Waals surface area contributed by atoms with Crippen molar-refractivity contribution >= 4 is 17.2 Å². The van der Waals surface area contributed by atoms with Gasteiger partial charge < -0.3 is 21.1 Å². The molecule has 0 aliphatic heterocycles. The SMILES string of the molecule is Cc1ccc(N(C)c2ccc(O)c(-c3ccc(CNCCc4ccccn4)c(N)n3)c2)c(F)c1. The van der Waals surface area contributed by atoms with Gasteiger partial charge in [-0.2, -0.15) is 0 Å². The Morgan fingerprint density at radius 2 is 1.91 bits per heavy atom. The third kappa shape index (κ3) is 5.32. The average Bonchev–Trinajstić information content (AvgIpc) is 2.83. The van der Waals surface area contributed by atoms with Crippen LogP contribution in [0.3, 0.4) is 0 Å². The minimum atomic E-state index is -0.306. The zero-order valence-corrected chi connectivity index (χ0v) is 19.3. The number of anilines is 3. The Labute approximate surface area is 198 Å². The molecule has 2 heterocycles. The van der Waals surface area contributed by atoms with Crippen LogP contribution in [0.25, 0.3) is 11.3 Å². The fourth-order valence-electron chi connectivity index (χ4n) is 3.75. The van der Waals surface area contributed by atoms with E-state index < -0.39 is 0 Å². The monoisotopic (exact) mass is 457 g/mol. The van der Waals surface area contributed by atoms with Gasteiger partial charge in [-0.15, -0.1) is 0 Å². The number of benzene rings is 2. The van der Waals surface area contributed by atoms with Crippen LogP contribution in [0.1, 0.15) is 16.8 Å². The van der Waals surface area contributed by atoms with E-state index >= 15 is 0 Å². The zero-order chi connectivity index (χ0) is 24.1. The smallest absolute Gasteiger partial charge is 0.147 e. The lowest BCUT2D eigenvalue weighted by Crippen LogP contribution is -2.18. The molecule has 4 rings (SSSR count). The van der Waals surface area contributed by atoms with Gasteiger partial charge in [0.2, 0.25) is 0 Å². The number of hydrogen-bond donors (Lipinski definition) is 3. The number of hydrogen-bond acceptors (Lipinski definition) is 6. The van der Waals surface area contributed by atoms with Crippen LogP contribution in [0.15, 0.2) is 72.9 Å². The molecule has 174 valence electrons. The Kier molecular flexibility index (Phi) is 7.04. The van der Waals surface area contributed by atoms with E-state index in [1.165, 1.54) is 6.07 Å². The Morgan fingerprint density at radius 3 is 2.65 bits per heavy atom. The third-order valence-corrected chi connectivity index (χ3v) is 5.72. The van der Waals surface area contributed by atoms with E-state index in [-0.39, 0.29) is 11.6 Å². The Balaban J connectivity index is 1.48. The maximum atomic E-state index is 14.5. The number of phenolic OH excluding ortho intramolecular Hbond substituents is 1. The molecule has 34 heavy (non-hydrogen) atoms. The maximum absolute atomic E-state index is 14.5. The van der Waals surface area contributed by atoms with Crippen molar-refractivity contribution in [1.29, 1.82) is 0 Å². The van der Waals surface area contributed by atoms with Gasteiger partial charge in [-0.1, -0.05) is 18.2 Å². The number of rotatable bonds is 8. The summed E-state index contributed by atoms with van der Waals surface area (Å²) in [7, 11) is 1.78. The summed E-state index contributed by atoms with van der Waals surface area (Å²) in [6.07, 6.45) is 2.61. The third-order valence-electron chi connectivity index (χ3n) is 5.72. The van der Waals surface area contributed by atoms with Gasteiger partial charge >= 0.3 is 0 Å². The molecule has 0 atom stereocenters. The van der Waals surface area contributed by atoms with E-state index in [2.05, 4.69) is 15.3 Å². The summed E-state index contributed by atoms with van der Waals surface area (Å²) in [5.41, 5.74) is 11.2. The van der Waals surface area contributed by atoms with E-state index in [0.29, 0.717) is 29.3 Å². The predicted molar refractivity (Wildman–Crippen MR) is 135 cm³/mol. The second-order valence-corrected chi connectivity index (χ2v) is 8.20. The minimum Gasteiger partial charge on any atom is -0.507 e. The van der Waals surface area contributed by atoms with Crippen LogP contribution < -0.4 is 16.0 Å². The maximum Gasteiger partial charge on any atom is 0.147 e. The Hall–Kier alpha value is -3.97. The van der Waals surface area contributed by atoms with Crippen LogP contribution in [-0.4, -0.2) is 28.7 Å². The lowest BCUT2D eigenvalue weighted by Gasteiger charge is -2.21. The summed E-state index contributed by atoms with van der Waals surface area (Å²) in [6, 6.07) is 19.8. The number of nitrogens with one attached hydrogen (secondary N) is 1. The summed E-state index contributed by atoms with van der Waals surface area (Å²) in [5.74, 6) is 0.166. The molecular formula is C27H28FN5O. The highest BCUT2D eigenvalue weighted by atomic mass is 19.1. The molecular weight excluding hydrogens is 429 g/mol. The molecule has 0 fully saturated rings. The lowest BCUT2D eigenvalue weighted by atomic mass is 10.1. The number of aromatic nitrogens is 2. The van der Waals surface area contributed by atoms with Crippen LogP contribution in [0.5, 0.6) is 5.75 Å². The van der Waals surface area contributed by atoms with Gasteiger partial charge in [-0.25, -0.2) is 9.37 Å². The minimum absolute atomic E-state index is 0.0784. The van der Waals surface area contributed by atoms with Gasteiger partial charge in [0.25, 0.3) is 0 Å². The van der Waals surface area contributed by atoms with Crippen molar-refractivity contribution in [3.63, 3.8) is 0 Å². The van der Waals surface area contributed by atoms with Gasteiger partial charge in [0.05, 0.1) is 11.4 Å². The van der Waals surface area contributed by atoms with Crippen molar-refractivity contribution in [3.05, 3.63) is 95.6 Å². The van der Waals surface area contributed by atoms with E-state index in [1.54, 1.807) is 42.4 Å². The average molecular weight is 458 g/mol. The molecule has 0 aliphatic rings. The van der Waals surface area contributed by atoms with Gasteiger partial charge in [-0.05, 0) is 61.0 Å². The molecule has 0 saturated carbocycles. The Bertz CT molecular complexity index is 1280. The summed E-state index contributed by atoms with van der Waals surface area (Å²) in [6.45, 7) is 3.19. The van der Waals surface area contributed by atoms with Crippen LogP contribution >= 0.6 is 0 Å². The van der Waals surface area contributed by atoms with Crippen LogP contribution in [-0.2, 0) is 13.0 Å². The molecule has 0 unspecified atom stereocenters. The highest BCUT2D eigenvalue weighted by Crippen LogP contribution is 2.35. The first-order valence-corrected chi connectivity index (χ1v) is 11.1. The largest absolute Gasteiger partial charge is 0.507 e. The van der Waals surface area contributed by atoms with Crippen molar-refractivity contribution in [1.82, 2.24) is 15.3 Å². The van der Waals surface area contributed by atoms with E-state index in [9.17, 15) is 9.50 Å². The molecule has 0 amide bonds. The molecule has 4 aromatic rings. The highest BCUT2D eigenvalue weighted by molar-refractivity contribution is 5.75. The quantitative estimate of drug-likeness (QED) is 0.324. The summed E-state index contributed by atoms with van der Waals surface area (Å²) in [4.78, 5) is 10.6. The normalized spacial score (nSPS) is 10.9. The molecule has 0 spiro atoms. The fraction of sp³-hybridized carbons (Fsp3) is 0.185. The number of aromatic hydroxyl groups is 1. The van der Waals surface area contributed by atoms with Gasteiger partial charge in [-0.3, -0.25) is 4.98 Å². The molecule has 7 heteroatoms. The topological polar surface area (TPSA) is 87.3 Å². The van der Waals surface area contributed by atoms with Crippen LogP contribution in [0, 0.1) is 12.7 Å². The summed E-state index contributed by atoms with van der Waals surface area (Å²) in [5, 5.41) is 13.8. The molecule has 0 radical (unpaired) electrons. The van der Waals surface area contributed by atoms with Crippen molar-refractivity contribution in [3.8, 4) is 17.0 Å². The number of nitrogens with two attached hydrogens (primary N) is 1. The second-order valence-electron chi connectivity index (χ2n) is 8.20. The van der Waals surface area contributed by atoms with Crippen molar-refractivity contribution in [2.75, 3.05) is 24.2 Å².